The molecule has 16 nitrogen and oxygen atoms in total. The van der Waals surface area contributed by atoms with E-state index in [0.717, 1.165) is 22.9 Å². The second kappa shape index (κ2) is 20.3. The SMILES string of the molecule is CC[C@H]1OC(=O)[C@H](C)C(=O)[C@H](C)[C@@H](O[C@@H]2O[C@H](C)C[C@H](N(C)C)[C@H]2O)[C@@](C)(OC)C[C@@H](C)/C(=N/OCC(=O)NCCCc2ccnc3ccccc23)[C@H](C)[C@@H]2OC(=O)O[C@]12C. The molecule has 0 bridgehead atoms. The first kappa shape index (κ1) is 47.8. The number of rotatable bonds is 12. The first-order valence-electron chi connectivity index (χ1n) is 21.5. The molecule has 0 saturated carbocycles. The molecule has 0 aliphatic carbocycles. The molecule has 1 amide bonds. The van der Waals surface area contributed by atoms with E-state index in [1.807, 2.05) is 63.2 Å². The molecule has 61 heavy (non-hydrogen) atoms. The summed E-state index contributed by atoms with van der Waals surface area (Å²) >= 11 is 0. The molecule has 1 aromatic heterocycles. The summed E-state index contributed by atoms with van der Waals surface area (Å²) in [6.45, 7) is 13.9. The lowest BCUT2D eigenvalue weighted by atomic mass is 9.74. The normalized spacial score (nSPS) is 35.9. The van der Waals surface area contributed by atoms with E-state index >= 15 is 0 Å². The number of cyclic esters (lactones) is 1. The number of carbonyl (C=O) groups is 4. The van der Waals surface area contributed by atoms with Gasteiger partial charge in [0.2, 0.25) is 0 Å². The fraction of sp³-hybridized carbons (Fsp3) is 0.689. The van der Waals surface area contributed by atoms with Crippen molar-refractivity contribution in [2.75, 3.05) is 34.4 Å². The number of methoxy groups -OCH3 is 1. The minimum atomic E-state index is -1.48. The van der Waals surface area contributed by atoms with Gasteiger partial charge in [-0.25, -0.2) is 4.79 Å². The van der Waals surface area contributed by atoms with Gasteiger partial charge in [-0.3, -0.25) is 19.4 Å². The van der Waals surface area contributed by atoms with Crippen LogP contribution in [0.4, 0.5) is 4.79 Å². The topological polar surface area (TPSA) is 194 Å². The monoisotopic (exact) mass is 854 g/mol. The molecule has 3 fully saturated rings. The fourth-order valence-electron chi connectivity index (χ4n) is 9.33. The standard InChI is InChI=1S/C45H66N4O12/c1-12-34-45(8)40(60-43(54)61-45)27(4)36(48-56-24-35(50)47-20-15-16-30-19-21-46-32-18-14-13-17-31(30)32)25(2)23-44(7,55-11)39(28(5)37(51)29(6)41(53)58-34)59-42-38(52)33(49(9)10)22-26(3)57-42/h13-14,17-19,21,25-29,33-34,38-40,42,52H,12,15-16,20,22-24H2,1-11H3,(H,47,50)/b48-36-/t25-,26-,27+,28+,29-,33+,34-,38-,39-,40+,42+,44+,45-/m1/s1. The molecule has 3 saturated heterocycles. The van der Waals surface area contributed by atoms with Gasteiger partial charge in [0.15, 0.2) is 30.4 Å². The van der Waals surface area contributed by atoms with Crippen LogP contribution in [-0.2, 0) is 54.1 Å². The summed E-state index contributed by atoms with van der Waals surface area (Å²) in [5.41, 5.74) is -0.312. The van der Waals surface area contributed by atoms with E-state index in [1.54, 1.807) is 40.8 Å². The fourth-order valence-corrected chi connectivity index (χ4v) is 9.33. The lowest BCUT2D eigenvalue weighted by Gasteiger charge is -2.47. The molecule has 3 aliphatic rings. The number of hydrogen-bond acceptors (Lipinski definition) is 15. The summed E-state index contributed by atoms with van der Waals surface area (Å²) < 4.78 is 36.7. The van der Waals surface area contributed by atoms with E-state index in [0.29, 0.717) is 25.1 Å². The highest BCUT2D eigenvalue weighted by atomic mass is 16.8. The second-order valence-electron chi connectivity index (χ2n) is 17.6. The van der Waals surface area contributed by atoms with Crippen molar-refractivity contribution in [3.05, 3.63) is 42.1 Å². The average Bonchev–Trinajstić information content (AvgIpc) is 3.55. The summed E-state index contributed by atoms with van der Waals surface area (Å²) in [6, 6.07) is 9.61. The first-order valence-corrected chi connectivity index (χ1v) is 21.5. The Morgan fingerprint density at radius 2 is 1.77 bits per heavy atom. The van der Waals surface area contributed by atoms with Crippen molar-refractivity contribution in [2.45, 2.75) is 142 Å². The molecule has 13 atom stereocenters. The Kier molecular flexibility index (Phi) is 15.9. The molecule has 4 heterocycles. The second-order valence-corrected chi connectivity index (χ2v) is 17.6. The quantitative estimate of drug-likeness (QED) is 0.125. The number of pyridine rings is 1. The first-order chi connectivity index (χ1) is 28.8. The van der Waals surface area contributed by atoms with Gasteiger partial charge in [0, 0.05) is 49.0 Å². The summed E-state index contributed by atoms with van der Waals surface area (Å²) in [5.74, 6) is -5.11. The predicted molar refractivity (Wildman–Crippen MR) is 225 cm³/mol. The molecule has 3 aliphatic heterocycles. The number of likely N-dealkylation sites (N-methyl/N-ethyl adjacent to an activating group) is 1. The van der Waals surface area contributed by atoms with E-state index in [9.17, 15) is 24.3 Å². The van der Waals surface area contributed by atoms with E-state index in [-0.39, 0.29) is 30.9 Å². The minimum Gasteiger partial charge on any atom is -0.457 e. The van der Waals surface area contributed by atoms with Crippen LogP contribution in [0.15, 0.2) is 41.7 Å². The van der Waals surface area contributed by atoms with Gasteiger partial charge in [0.1, 0.15) is 18.1 Å². The van der Waals surface area contributed by atoms with Crippen LogP contribution >= 0.6 is 0 Å². The van der Waals surface area contributed by atoms with E-state index in [2.05, 4.69) is 15.5 Å². The largest absolute Gasteiger partial charge is 0.509 e. The number of esters is 1. The van der Waals surface area contributed by atoms with E-state index < -0.39 is 90.1 Å². The third kappa shape index (κ3) is 10.7. The number of benzene rings is 1. The van der Waals surface area contributed by atoms with Crippen LogP contribution in [0.2, 0.25) is 0 Å². The molecule has 2 N–H and O–H groups in total. The summed E-state index contributed by atoms with van der Waals surface area (Å²) in [5, 5.41) is 20.0. The number of aliphatic hydroxyl groups is 1. The van der Waals surface area contributed by atoms with Gasteiger partial charge in [0.25, 0.3) is 5.91 Å². The zero-order valence-electron chi connectivity index (χ0n) is 37.5. The predicted octanol–water partition coefficient (Wildman–Crippen LogP) is 5.01. The molecule has 1 aromatic carbocycles. The molecular formula is C45H66N4O12. The maximum absolute atomic E-state index is 14.3. The maximum atomic E-state index is 14.3. The summed E-state index contributed by atoms with van der Waals surface area (Å²) in [7, 11) is 5.23. The zero-order chi connectivity index (χ0) is 44.8. The number of carbonyl (C=O) groups excluding carboxylic acids is 4. The zero-order valence-corrected chi connectivity index (χ0v) is 37.5. The van der Waals surface area contributed by atoms with E-state index in [4.69, 9.17) is 33.3 Å². The summed E-state index contributed by atoms with van der Waals surface area (Å²) in [6.07, 6.45) is -2.38. The maximum Gasteiger partial charge on any atom is 0.509 e. The number of ketones is 1. The Labute approximate surface area is 359 Å². The minimum absolute atomic E-state index is 0.165. The number of nitrogens with zero attached hydrogens (tertiary/aromatic N) is 3. The van der Waals surface area contributed by atoms with Crippen molar-refractivity contribution >= 4 is 40.4 Å². The number of Topliss-reactive ketones (excluding diaryl/α,β-unsaturated/α-hetero) is 1. The van der Waals surface area contributed by atoms with Gasteiger partial charge in [-0.2, -0.15) is 0 Å². The van der Waals surface area contributed by atoms with Crippen LogP contribution in [0.5, 0.6) is 0 Å². The average molecular weight is 855 g/mol. The Bertz CT molecular complexity index is 1890. The van der Waals surface area contributed by atoms with Crippen LogP contribution in [0.1, 0.15) is 86.6 Å². The highest BCUT2D eigenvalue weighted by Crippen LogP contribution is 2.42. The number of aromatic nitrogens is 1. The van der Waals surface area contributed by atoms with Gasteiger partial charge in [-0.15, -0.1) is 0 Å². The van der Waals surface area contributed by atoms with Gasteiger partial charge >= 0.3 is 12.1 Å². The Hall–Kier alpha value is -4.22. The molecule has 338 valence electrons. The van der Waals surface area contributed by atoms with Crippen LogP contribution in [0.3, 0.4) is 0 Å². The number of nitrogens with one attached hydrogen (secondary N) is 1. The van der Waals surface area contributed by atoms with Crippen molar-refractivity contribution in [3.63, 3.8) is 0 Å². The molecule has 16 heteroatoms. The molecule has 0 radical (unpaired) electrons. The third-order valence-electron chi connectivity index (χ3n) is 12.9. The number of aliphatic hydroxyl groups excluding tert-OH is 1. The van der Waals surface area contributed by atoms with Crippen molar-refractivity contribution < 1.29 is 57.5 Å². The molecule has 2 aromatic rings. The van der Waals surface area contributed by atoms with Crippen molar-refractivity contribution in [3.8, 4) is 0 Å². The van der Waals surface area contributed by atoms with Crippen molar-refractivity contribution in [1.82, 2.24) is 15.2 Å². The van der Waals surface area contributed by atoms with Crippen molar-refractivity contribution in [1.29, 1.82) is 0 Å². The molecule has 0 spiro atoms. The number of ether oxygens (including phenoxy) is 6. The highest BCUT2D eigenvalue weighted by Gasteiger charge is 2.59. The molecule has 5 rings (SSSR count). The summed E-state index contributed by atoms with van der Waals surface area (Å²) in [4.78, 5) is 66.3. The van der Waals surface area contributed by atoms with E-state index in [1.165, 1.54) is 14.0 Å². The number of amides is 1. The molecule has 0 unspecified atom stereocenters. The highest BCUT2D eigenvalue weighted by molar-refractivity contribution is 6.00. The Balaban J connectivity index is 1.44. The smallest absolute Gasteiger partial charge is 0.457 e. The number of para-hydroxylation sites is 1. The van der Waals surface area contributed by atoms with Gasteiger partial charge in [-0.1, -0.05) is 51.0 Å². The molecular weight excluding hydrogens is 789 g/mol. The lowest BCUT2D eigenvalue weighted by molar-refractivity contribution is -0.295. The number of oxime groups is 1. The number of hydrogen-bond donors (Lipinski definition) is 2. The third-order valence-corrected chi connectivity index (χ3v) is 12.9. The van der Waals surface area contributed by atoms with Crippen LogP contribution in [0, 0.1) is 23.7 Å². The van der Waals surface area contributed by atoms with Crippen LogP contribution in [-0.4, -0.2) is 133 Å². The lowest BCUT2D eigenvalue weighted by Crippen LogP contribution is -2.59. The van der Waals surface area contributed by atoms with Gasteiger partial charge in [0.05, 0.1) is 29.0 Å². The van der Waals surface area contributed by atoms with Crippen LogP contribution in [0.25, 0.3) is 10.9 Å². The Morgan fingerprint density at radius 1 is 1.05 bits per heavy atom. The Morgan fingerprint density at radius 3 is 2.46 bits per heavy atom. The number of fused-ring (bicyclic) bond motifs is 2. The van der Waals surface area contributed by atoms with Gasteiger partial charge in [-0.05, 0) is 91.6 Å². The van der Waals surface area contributed by atoms with Crippen LogP contribution < -0.4 is 5.32 Å². The number of aryl methyl sites for hydroxylation is 1. The van der Waals surface area contributed by atoms with Crippen molar-refractivity contribution in [2.24, 2.45) is 28.8 Å². The van der Waals surface area contributed by atoms with Gasteiger partial charge < -0.3 is 48.6 Å².